The van der Waals surface area contributed by atoms with Crippen molar-refractivity contribution >= 4 is 52.9 Å². The lowest BCUT2D eigenvalue weighted by molar-refractivity contribution is -0.141. The van der Waals surface area contributed by atoms with Crippen molar-refractivity contribution < 1.29 is 14.7 Å². The maximum Gasteiger partial charge on any atom is 0.326 e. The average molecular weight is 348 g/mol. The summed E-state index contributed by atoms with van der Waals surface area (Å²) in [6.45, 7) is 0. The van der Waals surface area contributed by atoms with E-state index in [2.05, 4.69) is 5.32 Å². The van der Waals surface area contributed by atoms with Crippen molar-refractivity contribution in [1.82, 2.24) is 5.32 Å². The second kappa shape index (κ2) is 8.97. The van der Waals surface area contributed by atoms with Gasteiger partial charge in [0.1, 0.15) is 6.04 Å². The van der Waals surface area contributed by atoms with Gasteiger partial charge in [0, 0.05) is 16.1 Å². The van der Waals surface area contributed by atoms with Gasteiger partial charge in [0.25, 0.3) is 0 Å². The Labute approximate surface area is 137 Å². The number of nitrogens with one attached hydrogen (secondary N) is 1. The molecule has 0 radical (unpaired) electrons. The molecule has 7 heteroatoms. The van der Waals surface area contributed by atoms with Crippen LogP contribution in [0.5, 0.6) is 0 Å². The Kier molecular flexibility index (Phi) is 7.64. The molecule has 1 rings (SSSR count). The van der Waals surface area contributed by atoms with Crippen LogP contribution in [0.4, 0.5) is 0 Å². The number of carboxylic acids is 1. The highest BCUT2D eigenvalue weighted by Gasteiger charge is 2.17. The first-order chi connectivity index (χ1) is 9.93. The first-order valence-corrected chi connectivity index (χ1v) is 8.24. The maximum absolute atomic E-state index is 11.7. The zero-order valence-electron chi connectivity index (χ0n) is 11.3. The Balaban J connectivity index is 2.68. The SMILES string of the molecule is CSCC[C@@H](NC(=O)/C=C/c1cc(Cl)ccc1Cl)C(=O)O. The zero-order valence-corrected chi connectivity index (χ0v) is 13.6. The summed E-state index contributed by atoms with van der Waals surface area (Å²) >= 11 is 13.3. The largest absolute Gasteiger partial charge is 0.480 e. The summed E-state index contributed by atoms with van der Waals surface area (Å²) in [6.07, 6.45) is 4.99. The van der Waals surface area contributed by atoms with E-state index in [1.165, 1.54) is 23.9 Å². The summed E-state index contributed by atoms with van der Waals surface area (Å²) in [7, 11) is 0. The second-order valence-electron chi connectivity index (χ2n) is 4.18. The molecule has 1 atom stereocenters. The Morgan fingerprint density at radius 2 is 2.14 bits per heavy atom. The fraction of sp³-hybridized carbons (Fsp3) is 0.286. The molecule has 0 aliphatic heterocycles. The molecule has 0 saturated carbocycles. The summed E-state index contributed by atoms with van der Waals surface area (Å²) < 4.78 is 0. The highest BCUT2D eigenvalue weighted by molar-refractivity contribution is 7.98. The molecule has 0 fully saturated rings. The smallest absolute Gasteiger partial charge is 0.326 e. The Hall–Kier alpha value is -1.17. The monoisotopic (exact) mass is 347 g/mol. The predicted molar refractivity (Wildman–Crippen MR) is 88.1 cm³/mol. The molecule has 4 nitrogen and oxygen atoms in total. The normalized spacial score (nSPS) is 12.3. The third kappa shape index (κ3) is 6.42. The third-order valence-corrected chi connectivity index (χ3v) is 3.82. The molecule has 21 heavy (non-hydrogen) atoms. The van der Waals surface area contributed by atoms with Gasteiger partial charge in [-0.1, -0.05) is 23.2 Å². The van der Waals surface area contributed by atoms with Crippen molar-refractivity contribution in [2.24, 2.45) is 0 Å². The van der Waals surface area contributed by atoms with Crippen molar-refractivity contribution in [3.63, 3.8) is 0 Å². The molecule has 1 aromatic rings. The molecular weight excluding hydrogens is 333 g/mol. The maximum atomic E-state index is 11.7. The van der Waals surface area contributed by atoms with Gasteiger partial charge in [0.2, 0.25) is 5.91 Å². The van der Waals surface area contributed by atoms with Gasteiger partial charge in [-0.05, 0) is 48.3 Å². The minimum Gasteiger partial charge on any atom is -0.480 e. The van der Waals surface area contributed by atoms with Crippen LogP contribution in [-0.4, -0.2) is 35.0 Å². The molecule has 114 valence electrons. The van der Waals surface area contributed by atoms with E-state index in [0.29, 0.717) is 27.8 Å². The molecule has 0 aliphatic carbocycles. The molecule has 0 heterocycles. The minimum absolute atomic E-state index is 0.369. The van der Waals surface area contributed by atoms with Gasteiger partial charge in [-0.15, -0.1) is 0 Å². The van der Waals surface area contributed by atoms with Crippen LogP contribution in [0.3, 0.4) is 0 Å². The van der Waals surface area contributed by atoms with E-state index in [9.17, 15) is 9.59 Å². The Morgan fingerprint density at radius 3 is 2.76 bits per heavy atom. The van der Waals surface area contributed by atoms with E-state index in [1.54, 1.807) is 18.2 Å². The van der Waals surface area contributed by atoms with Crippen molar-refractivity contribution in [3.05, 3.63) is 39.9 Å². The Bertz CT molecular complexity index is 549. The quantitative estimate of drug-likeness (QED) is 0.742. The number of halogens is 2. The van der Waals surface area contributed by atoms with Gasteiger partial charge in [0.05, 0.1) is 0 Å². The summed E-state index contributed by atoms with van der Waals surface area (Å²) in [5.41, 5.74) is 0.593. The van der Waals surface area contributed by atoms with Crippen LogP contribution in [0.25, 0.3) is 6.08 Å². The number of carbonyl (C=O) groups excluding carboxylic acids is 1. The van der Waals surface area contributed by atoms with Gasteiger partial charge in [-0.25, -0.2) is 4.79 Å². The number of carboxylic acid groups (broad SMARTS) is 1. The number of hydrogen-bond acceptors (Lipinski definition) is 3. The van der Waals surface area contributed by atoms with E-state index >= 15 is 0 Å². The standard InChI is InChI=1S/C14H15Cl2NO3S/c1-21-7-6-12(14(19)20)17-13(18)5-2-9-8-10(15)3-4-11(9)16/h2-5,8,12H,6-7H2,1H3,(H,17,18)(H,19,20)/b5-2+/t12-/m1/s1. The summed E-state index contributed by atoms with van der Waals surface area (Å²) in [5, 5.41) is 12.4. The van der Waals surface area contributed by atoms with Crippen molar-refractivity contribution in [1.29, 1.82) is 0 Å². The zero-order chi connectivity index (χ0) is 15.8. The lowest BCUT2D eigenvalue weighted by Gasteiger charge is -2.12. The van der Waals surface area contributed by atoms with Crippen LogP contribution in [0.2, 0.25) is 10.0 Å². The number of thioether (sulfide) groups is 1. The highest BCUT2D eigenvalue weighted by Crippen LogP contribution is 2.21. The number of benzene rings is 1. The van der Waals surface area contributed by atoms with E-state index in [0.717, 1.165) is 0 Å². The Morgan fingerprint density at radius 1 is 1.43 bits per heavy atom. The van der Waals surface area contributed by atoms with Crippen LogP contribution < -0.4 is 5.32 Å². The topological polar surface area (TPSA) is 66.4 Å². The average Bonchev–Trinajstić information content (AvgIpc) is 2.44. The molecule has 0 bridgehead atoms. The van der Waals surface area contributed by atoms with Crippen molar-refractivity contribution in [2.75, 3.05) is 12.0 Å². The molecule has 1 aromatic carbocycles. The summed E-state index contributed by atoms with van der Waals surface area (Å²) in [4.78, 5) is 22.8. The van der Waals surface area contributed by atoms with Crippen LogP contribution >= 0.6 is 35.0 Å². The van der Waals surface area contributed by atoms with E-state index in [1.807, 2.05) is 6.26 Å². The summed E-state index contributed by atoms with van der Waals surface area (Å²) in [5.74, 6) is -0.882. The van der Waals surface area contributed by atoms with Gasteiger partial charge in [-0.3, -0.25) is 4.79 Å². The number of aliphatic carboxylic acids is 1. The number of hydrogen-bond donors (Lipinski definition) is 2. The fourth-order valence-corrected chi connectivity index (χ4v) is 2.35. The molecule has 1 amide bonds. The molecule has 0 aromatic heterocycles. The molecule has 2 N–H and O–H groups in total. The lowest BCUT2D eigenvalue weighted by Crippen LogP contribution is -2.40. The highest BCUT2D eigenvalue weighted by atomic mass is 35.5. The number of carbonyl (C=O) groups is 2. The van der Waals surface area contributed by atoms with Gasteiger partial charge in [0.15, 0.2) is 0 Å². The lowest BCUT2D eigenvalue weighted by atomic mass is 10.2. The molecule has 0 saturated heterocycles. The molecule has 0 unspecified atom stereocenters. The van der Waals surface area contributed by atoms with Crippen molar-refractivity contribution in [3.8, 4) is 0 Å². The van der Waals surface area contributed by atoms with E-state index in [-0.39, 0.29) is 0 Å². The predicted octanol–water partition coefficient (Wildman–Crippen LogP) is 3.33. The fourth-order valence-electron chi connectivity index (χ4n) is 1.52. The van der Waals surface area contributed by atoms with Gasteiger partial charge in [-0.2, -0.15) is 11.8 Å². The van der Waals surface area contributed by atoms with E-state index < -0.39 is 17.9 Å². The second-order valence-corrected chi connectivity index (χ2v) is 6.01. The van der Waals surface area contributed by atoms with Gasteiger partial charge >= 0.3 is 5.97 Å². The number of rotatable bonds is 7. The first-order valence-electron chi connectivity index (χ1n) is 6.09. The third-order valence-electron chi connectivity index (χ3n) is 2.60. The van der Waals surface area contributed by atoms with Crippen LogP contribution in [0, 0.1) is 0 Å². The minimum atomic E-state index is -1.05. The molecular formula is C14H15Cl2NO3S. The first kappa shape index (κ1) is 17.9. The van der Waals surface area contributed by atoms with Crippen LogP contribution in [-0.2, 0) is 9.59 Å². The van der Waals surface area contributed by atoms with Crippen LogP contribution in [0.1, 0.15) is 12.0 Å². The summed E-state index contributed by atoms with van der Waals surface area (Å²) in [6, 6.07) is 3.99. The van der Waals surface area contributed by atoms with Crippen molar-refractivity contribution in [2.45, 2.75) is 12.5 Å². The van der Waals surface area contributed by atoms with Gasteiger partial charge < -0.3 is 10.4 Å². The van der Waals surface area contributed by atoms with Crippen LogP contribution in [0.15, 0.2) is 24.3 Å². The molecule has 0 aliphatic rings. The molecule has 0 spiro atoms. The van der Waals surface area contributed by atoms with E-state index in [4.69, 9.17) is 28.3 Å². The number of amides is 1.